The van der Waals surface area contributed by atoms with Gasteiger partial charge >= 0.3 is 5.69 Å². The molecular weight excluding hydrogens is 474 g/mol. The fourth-order valence-electron chi connectivity index (χ4n) is 3.60. The van der Waals surface area contributed by atoms with Crippen LogP contribution in [0.3, 0.4) is 0 Å². The average Bonchev–Trinajstić information content (AvgIpc) is 2.74. The Morgan fingerprint density at radius 2 is 1.73 bits per heavy atom. The van der Waals surface area contributed by atoms with Crippen LogP contribution < -0.4 is 25.6 Å². The lowest BCUT2D eigenvalue weighted by atomic mass is 10.2. The number of aromatic nitrogens is 2. The van der Waals surface area contributed by atoms with Crippen molar-refractivity contribution in [2.45, 2.75) is 6.42 Å². The van der Waals surface area contributed by atoms with Gasteiger partial charge < -0.3 is 14.7 Å². The van der Waals surface area contributed by atoms with Crippen molar-refractivity contribution < 1.29 is 18.3 Å². The highest BCUT2D eigenvalue weighted by Crippen LogP contribution is 2.29. The first kappa shape index (κ1) is 26.6. The smallest absolute Gasteiger partial charge is 0.332 e. The second kappa shape index (κ2) is 10.9. The molecule has 3 rings (SSSR count). The van der Waals surface area contributed by atoms with Gasteiger partial charge in [-0.3, -0.25) is 23.6 Å². The van der Waals surface area contributed by atoms with Gasteiger partial charge in [-0.15, -0.1) is 12.4 Å². The minimum Gasteiger partial charge on any atom is -0.504 e. The van der Waals surface area contributed by atoms with Gasteiger partial charge in [0.05, 0.1) is 18.6 Å². The van der Waals surface area contributed by atoms with Crippen LogP contribution in [0.1, 0.15) is 6.42 Å². The van der Waals surface area contributed by atoms with Crippen LogP contribution in [0.2, 0.25) is 0 Å². The highest BCUT2D eigenvalue weighted by atomic mass is 35.5. The summed E-state index contributed by atoms with van der Waals surface area (Å²) in [4.78, 5) is 28.4. The first-order valence-electron chi connectivity index (χ1n) is 10.2. The van der Waals surface area contributed by atoms with Crippen molar-refractivity contribution in [3.63, 3.8) is 0 Å². The predicted molar refractivity (Wildman–Crippen MR) is 130 cm³/mol. The third kappa shape index (κ3) is 6.89. The maximum absolute atomic E-state index is 12.1. The number of hydrogen-bond acceptors (Lipinski definition) is 8. The van der Waals surface area contributed by atoms with Crippen molar-refractivity contribution in [2.24, 2.45) is 14.1 Å². The maximum Gasteiger partial charge on any atom is 0.332 e. The molecule has 0 atom stereocenters. The summed E-state index contributed by atoms with van der Waals surface area (Å²) in [6.45, 7) is 4.10. The van der Waals surface area contributed by atoms with Gasteiger partial charge in [0, 0.05) is 59.0 Å². The van der Waals surface area contributed by atoms with Crippen LogP contribution in [0, 0.1) is 0 Å². The molecule has 1 aliphatic heterocycles. The Morgan fingerprint density at radius 1 is 1.06 bits per heavy atom. The Balaban J connectivity index is 0.00000385. The van der Waals surface area contributed by atoms with Crippen molar-refractivity contribution in [3.8, 4) is 11.5 Å². The molecule has 0 radical (unpaired) electrons. The molecule has 2 heterocycles. The van der Waals surface area contributed by atoms with Crippen molar-refractivity contribution in [2.75, 3.05) is 55.2 Å². The first-order valence-corrected chi connectivity index (χ1v) is 12.1. The zero-order chi connectivity index (χ0) is 23.5. The van der Waals surface area contributed by atoms with E-state index in [1.807, 2.05) is 4.90 Å². The number of piperazine rings is 1. The van der Waals surface area contributed by atoms with Crippen molar-refractivity contribution >= 4 is 33.9 Å². The molecule has 1 aromatic carbocycles. The first-order chi connectivity index (χ1) is 15.0. The molecular formula is C20H30ClN5O6S. The van der Waals surface area contributed by atoms with Gasteiger partial charge in [-0.2, -0.15) is 0 Å². The number of rotatable bonds is 8. The largest absolute Gasteiger partial charge is 0.504 e. The minimum absolute atomic E-state index is 0. The molecule has 0 aliphatic carbocycles. The fraction of sp³-hybridized carbons (Fsp3) is 0.500. The van der Waals surface area contributed by atoms with E-state index in [4.69, 9.17) is 4.74 Å². The molecule has 1 fully saturated rings. The summed E-state index contributed by atoms with van der Waals surface area (Å²) in [5.74, 6) is 0.784. The molecule has 1 aromatic heterocycles. The summed E-state index contributed by atoms with van der Waals surface area (Å²) in [6, 6.07) is 5.78. The topological polar surface area (TPSA) is 126 Å². The van der Waals surface area contributed by atoms with Gasteiger partial charge in [0.15, 0.2) is 11.5 Å². The van der Waals surface area contributed by atoms with Crippen molar-refractivity contribution in [3.05, 3.63) is 45.1 Å². The summed E-state index contributed by atoms with van der Waals surface area (Å²) < 4.78 is 33.3. The standard InChI is InChI=1S/C20H29N5O6S.ClH/c1-22-18(14-19(27)23(2)20(22)28)25-10-8-24(9-11-25)7-4-12-31-17-13-15(5-6-16(17)26)21-32(3,29)30;/h5-6,13-14,21,26H,4,7-12H2,1-3H3;1H. The summed E-state index contributed by atoms with van der Waals surface area (Å²) in [5, 5.41) is 9.93. The normalized spacial score (nSPS) is 14.6. The number of aromatic hydroxyl groups is 1. The molecule has 0 saturated carbocycles. The summed E-state index contributed by atoms with van der Waals surface area (Å²) >= 11 is 0. The average molecular weight is 504 g/mol. The molecule has 184 valence electrons. The molecule has 2 N–H and O–H groups in total. The summed E-state index contributed by atoms with van der Waals surface area (Å²) in [5.41, 5.74) is -0.338. The van der Waals surface area contributed by atoms with Gasteiger partial charge in [-0.05, 0) is 18.6 Å². The minimum atomic E-state index is -3.42. The summed E-state index contributed by atoms with van der Waals surface area (Å²) in [7, 11) is -0.288. The number of phenolic OH excluding ortho intramolecular Hbond substituents is 1. The number of ether oxygens (including phenoxy) is 1. The monoisotopic (exact) mass is 503 g/mol. The van der Waals surface area contributed by atoms with Gasteiger partial charge in [0.1, 0.15) is 5.82 Å². The number of anilines is 2. The maximum atomic E-state index is 12.1. The number of benzene rings is 1. The van der Waals surface area contributed by atoms with Gasteiger partial charge in [0.2, 0.25) is 10.0 Å². The van der Waals surface area contributed by atoms with Crippen LogP contribution in [0.4, 0.5) is 11.5 Å². The number of halogens is 1. The molecule has 0 bridgehead atoms. The Kier molecular flexibility index (Phi) is 8.81. The fourth-order valence-corrected chi connectivity index (χ4v) is 4.16. The van der Waals surface area contributed by atoms with Crippen LogP contribution >= 0.6 is 12.4 Å². The molecule has 1 saturated heterocycles. The summed E-state index contributed by atoms with van der Waals surface area (Å²) in [6.07, 6.45) is 1.77. The van der Waals surface area contributed by atoms with Crippen molar-refractivity contribution in [1.29, 1.82) is 0 Å². The molecule has 11 nitrogen and oxygen atoms in total. The van der Waals surface area contributed by atoms with E-state index in [0.29, 0.717) is 37.6 Å². The highest BCUT2D eigenvalue weighted by Gasteiger charge is 2.20. The third-order valence-electron chi connectivity index (χ3n) is 5.34. The Morgan fingerprint density at radius 3 is 2.36 bits per heavy atom. The van der Waals surface area contributed by atoms with Crippen LogP contribution in [0.15, 0.2) is 33.9 Å². The molecule has 0 spiro atoms. The molecule has 13 heteroatoms. The number of hydrogen-bond donors (Lipinski definition) is 2. The van der Waals surface area contributed by atoms with E-state index in [0.717, 1.165) is 30.5 Å². The van der Waals surface area contributed by atoms with E-state index in [1.54, 1.807) is 7.05 Å². The highest BCUT2D eigenvalue weighted by molar-refractivity contribution is 7.92. The van der Waals surface area contributed by atoms with Crippen molar-refractivity contribution in [1.82, 2.24) is 14.0 Å². The zero-order valence-electron chi connectivity index (χ0n) is 18.9. The van der Waals surface area contributed by atoms with Gasteiger partial charge in [-0.1, -0.05) is 0 Å². The molecule has 0 amide bonds. The second-order valence-corrected chi connectivity index (χ2v) is 9.58. The molecule has 33 heavy (non-hydrogen) atoms. The van der Waals surface area contributed by atoms with Crippen LogP contribution in [-0.2, 0) is 24.1 Å². The van der Waals surface area contributed by atoms with E-state index < -0.39 is 10.0 Å². The molecule has 0 unspecified atom stereocenters. The molecule has 1 aliphatic rings. The van der Waals surface area contributed by atoms with E-state index in [1.165, 1.54) is 35.9 Å². The van der Waals surface area contributed by atoms with Crippen LogP contribution in [0.5, 0.6) is 11.5 Å². The number of nitrogens with zero attached hydrogens (tertiary/aromatic N) is 4. The van der Waals surface area contributed by atoms with Crippen LogP contribution in [-0.4, -0.2) is 73.1 Å². The lowest BCUT2D eigenvalue weighted by Crippen LogP contribution is -2.49. The van der Waals surface area contributed by atoms with Gasteiger partial charge in [0.25, 0.3) is 5.56 Å². The lowest BCUT2D eigenvalue weighted by Gasteiger charge is -2.36. The van der Waals surface area contributed by atoms with E-state index in [9.17, 15) is 23.1 Å². The van der Waals surface area contributed by atoms with E-state index >= 15 is 0 Å². The van der Waals surface area contributed by atoms with Crippen LogP contribution in [0.25, 0.3) is 0 Å². The number of sulfonamides is 1. The lowest BCUT2D eigenvalue weighted by molar-refractivity contribution is 0.221. The zero-order valence-corrected chi connectivity index (χ0v) is 20.5. The Hall–Kier alpha value is -2.70. The third-order valence-corrected chi connectivity index (χ3v) is 5.94. The Labute approximate surface area is 198 Å². The quantitative estimate of drug-likeness (QED) is 0.386. The number of nitrogens with one attached hydrogen (secondary N) is 1. The van der Waals surface area contributed by atoms with Gasteiger partial charge in [-0.25, -0.2) is 13.2 Å². The molecule has 2 aromatic rings. The second-order valence-electron chi connectivity index (χ2n) is 7.83. The number of phenols is 1. The van der Waals surface area contributed by atoms with E-state index in [2.05, 4.69) is 9.62 Å². The van der Waals surface area contributed by atoms with E-state index in [-0.39, 0.29) is 35.2 Å². The SMILES string of the molecule is Cl.Cn1c(N2CCN(CCCOc3cc(NS(C)(=O)=O)ccc3O)CC2)cc(=O)n(C)c1=O. The Bertz CT molecular complexity index is 1190. The predicted octanol–water partition coefficient (Wildman–Crippen LogP) is 0.174.